The molecule has 200 valence electrons. The van der Waals surface area contributed by atoms with Crippen LogP contribution in [0.1, 0.15) is 64.9 Å². The van der Waals surface area contributed by atoms with Gasteiger partial charge in [-0.1, -0.05) is 31.9 Å². The smallest absolute Gasteiger partial charge is 0.410 e. The van der Waals surface area contributed by atoms with Crippen LogP contribution in [0.4, 0.5) is 18.0 Å². The van der Waals surface area contributed by atoms with Crippen LogP contribution in [0.3, 0.4) is 0 Å². The molecule has 0 spiro atoms. The maximum absolute atomic E-state index is 12.5. The first kappa shape index (κ1) is 30.5. The van der Waals surface area contributed by atoms with E-state index < -0.39 is 30.8 Å². The van der Waals surface area contributed by atoms with Crippen LogP contribution in [0.5, 0.6) is 5.75 Å². The van der Waals surface area contributed by atoms with Crippen LogP contribution in [0.2, 0.25) is 0 Å². The minimum atomic E-state index is -4.14. The van der Waals surface area contributed by atoms with Gasteiger partial charge in [0.1, 0.15) is 18.5 Å². The Morgan fingerprint density at radius 2 is 1.69 bits per heavy atom. The molecule has 1 amide bonds. The number of carboxylic acids is 1. The molecule has 0 aliphatic rings. The quantitative estimate of drug-likeness (QED) is 0.268. The highest BCUT2D eigenvalue weighted by Crippen LogP contribution is 2.23. The van der Waals surface area contributed by atoms with Crippen molar-refractivity contribution in [3.05, 3.63) is 29.8 Å². The highest BCUT2D eigenvalue weighted by molar-refractivity contribution is 5.72. The molecule has 0 aliphatic carbocycles. The molecule has 0 bridgehead atoms. The summed E-state index contributed by atoms with van der Waals surface area (Å²) in [5.74, 6) is -0.448. The van der Waals surface area contributed by atoms with E-state index in [1.54, 1.807) is 38.1 Å². The van der Waals surface area contributed by atoms with Gasteiger partial charge in [-0.25, -0.2) is 9.59 Å². The third-order valence-electron chi connectivity index (χ3n) is 5.39. The number of nitrogens with zero attached hydrogens (tertiary/aromatic N) is 1. The van der Waals surface area contributed by atoms with E-state index in [-0.39, 0.29) is 32.1 Å². The van der Waals surface area contributed by atoms with Gasteiger partial charge < -0.3 is 24.2 Å². The Hall–Kier alpha value is -2.49. The maximum Gasteiger partial charge on any atom is 0.410 e. The van der Waals surface area contributed by atoms with E-state index >= 15 is 0 Å². The zero-order valence-electron chi connectivity index (χ0n) is 20.8. The lowest BCUT2D eigenvalue weighted by atomic mass is 10.1. The van der Waals surface area contributed by atoms with Gasteiger partial charge in [-0.2, -0.15) is 13.2 Å². The van der Waals surface area contributed by atoms with Crippen molar-refractivity contribution < 1.29 is 42.1 Å². The van der Waals surface area contributed by atoms with Crippen LogP contribution in [0, 0.1) is 0 Å². The largest absolute Gasteiger partial charge is 0.492 e. The Bertz CT molecular complexity index is 742. The highest BCUT2D eigenvalue weighted by Gasteiger charge is 2.26. The van der Waals surface area contributed by atoms with Crippen LogP contribution in [0.25, 0.3) is 0 Å². The number of benzene rings is 1. The number of carbonyl (C=O) groups excluding carboxylic acids is 1. The number of ether oxygens (including phenoxy) is 3. The third-order valence-corrected chi connectivity index (χ3v) is 5.39. The van der Waals surface area contributed by atoms with Gasteiger partial charge >= 0.3 is 18.2 Å². The minimum Gasteiger partial charge on any atom is -0.492 e. The molecule has 0 aliphatic heterocycles. The molecule has 1 aromatic rings. The molecule has 0 saturated carbocycles. The molecule has 1 rings (SSSR count). The number of alkyl halides is 3. The topological polar surface area (TPSA) is 85.3 Å². The predicted octanol–water partition coefficient (Wildman–Crippen LogP) is 5.85. The van der Waals surface area contributed by atoms with Crippen LogP contribution < -0.4 is 4.74 Å². The number of hydrogen-bond acceptors (Lipinski definition) is 5. The lowest BCUT2D eigenvalue weighted by Gasteiger charge is -2.24. The monoisotopic (exact) mass is 505 g/mol. The van der Waals surface area contributed by atoms with E-state index in [4.69, 9.17) is 14.2 Å². The molecule has 1 N–H and O–H groups in total. The second-order valence-electron chi connectivity index (χ2n) is 8.35. The van der Waals surface area contributed by atoms with Gasteiger partial charge in [0.05, 0.1) is 6.54 Å². The van der Waals surface area contributed by atoms with Gasteiger partial charge in [0.2, 0.25) is 0 Å². The Kier molecular flexibility index (Phi) is 14.2. The molecule has 0 aromatic heterocycles. The standard InChI is InChI=1S/C25H38F3NO6/c1-4-19(3)35-24(32)29(15-9-7-6-8-14-25(26,27)28)16-17-34-21-12-10-20(11-13-21)18-22(23(30)31)33-5-2/h10-13,19,22H,4-9,14-18H2,1-3H3,(H,30,31). The summed E-state index contributed by atoms with van der Waals surface area (Å²) in [4.78, 5) is 25.3. The van der Waals surface area contributed by atoms with Crippen molar-refractivity contribution in [3.63, 3.8) is 0 Å². The number of amides is 1. The number of carbonyl (C=O) groups is 2. The van der Waals surface area contributed by atoms with Crippen LogP contribution in [-0.2, 0) is 20.7 Å². The van der Waals surface area contributed by atoms with Gasteiger partial charge in [0.25, 0.3) is 0 Å². The fourth-order valence-corrected chi connectivity index (χ4v) is 3.23. The van der Waals surface area contributed by atoms with E-state index in [1.807, 2.05) is 6.92 Å². The molecule has 2 unspecified atom stereocenters. The summed E-state index contributed by atoms with van der Waals surface area (Å²) in [6.07, 6.45) is -3.94. The average molecular weight is 506 g/mol. The number of aliphatic carboxylic acids is 1. The Morgan fingerprint density at radius 1 is 1.03 bits per heavy atom. The zero-order chi connectivity index (χ0) is 26.3. The Labute approximate surface area is 205 Å². The van der Waals surface area contributed by atoms with E-state index in [9.17, 15) is 27.9 Å². The summed E-state index contributed by atoms with van der Waals surface area (Å²) in [5.41, 5.74) is 0.794. The van der Waals surface area contributed by atoms with Crippen molar-refractivity contribution in [1.29, 1.82) is 0 Å². The molecule has 0 saturated heterocycles. The van der Waals surface area contributed by atoms with Crippen molar-refractivity contribution >= 4 is 12.1 Å². The predicted molar refractivity (Wildman–Crippen MR) is 126 cm³/mol. The average Bonchev–Trinajstić information content (AvgIpc) is 2.79. The fraction of sp³-hybridized carbons (Fsp3) is 0.680. The van der Waals surface area contributed by atoms with E-state index in [0.717, 1.165) is 5.56 Å². The van der Waals surface area contributed by atoms with Crippen molar-refractivity contribution in [1.82, 2.24) is 4.90 Å². The summed E-state index contributed by atoms with van der Waals surface area (Å²) in [6, 6.07) is 6.98. The van der Waals surface area contributed by atoms with E-state index in [2.05, 4.69) is 0 Å². The van der Waals surface area contributed by atoms with Gasteiger partial charge in [-0.3, -0.25) is 0 Å². The normalized spacial score (nSPS) is 13.2. The second kappa shape index (κ2) is 16.2. The Morgan fingerprint density at radius 3 is 2.26 bits per heavy atom. The lowest BCUT2D eigenvalue weighted by molar-refractivity contribution is -0.150. The molecule has 10 heteroatoms. The molecule has 7 nitrogen and oxygen atoms in total. The molecule has 2 atom stereocenters. The molecule has 35 heavy (non-hydrogen) atoms. The van der Waals surface area contributed by atoms with Gasteiger partial charge in [-0.15, -0.1) is 0 Å². The van der Waals surface area contributed by atoms with Crippen LogP contribution in [-0.4, -0.2) is 66.8 Å². The number of halogens is 3. The lowest BCUT2D eigenvalue weighted by Crippen LogP contribution is -2.37. The third kappa shape index (κ3) is 13.9. The number of hydrogen-bond donors (Lipinski definition) is 1. The summed E-state index contributed by atoms with van der Waals surface area (Å²) in [7, 11) is 0. The minimum absolute atomic E-state index is 0.0811. The van der Waals surface area contributed by atoms with Crippen molar-refractivity contribution in [2.24, 2.45) is 0 Å². The summed E-state index contributed by atoms with van der Waals surface area (Å²) in [5, 5.41) is 9.20. The van der Waals surface area contributed by atoms with Crippen LogP contribution >= 0.6 is 0 Å². The fourth-order valence-electron chi connectivity index (χ4n) is 3.23. The molecular formula is C25H38F3NO6. The first-order valence-electron chi connectivity index (χ1n) is 12.1. The van der Waals surface area contributed by atoms with Crippen LogP contribution in [0.15, 0.2) is 24.3 Å². The van der Waals surface area contributed by atoms with Gasteiger partial charge in [0.15, 0.2) is 6.10 Å². The SMILES string of the molecule is CCOC(Cc1ccc(OCCN(CCCCCCC(F)(F)F)C(=O)OC(C)CC)cc1)C(=O)O. The van der Waals surface area contributed by atoms with E-state index in [1.165, 1.54) is 4.90 Å². The first-order chi connectivity index (χ1) is 16.6. The maximum atomic E-state index is 12.5. The molecule has 0 fully saturated rings. The van der Waals surface area contributed by atoms with Crippen molar-refractivity contribution in [2.45, 2.75) is 84.1 Å². The number of unbranched alkanes of at least 4 members (excludes halogenated alkanes) is 3. The Balaban J connectivity index is 2.54. The van der Waals surface area contributed by atoms with Gasteiger partial charge in [-0.05, 0) is 50.8 Å². The zero-order valence-corrected chi connectivity index (χ0v) is 20.8. The summed E-state index contributed by atoms with van der Waals surface area (Å²) in [6.45, 7) is 6.60. The first-order valence-corrected chi connectivity index (χ1v) is 12.1. The van der Waals surface area contributed by atoms with Gasteiger partial charge in [0, 0.05) is 26.0 Å². The number of rotatable bonds is 17. The molecular weight excluding hydrogens is 467 g/mol. The van der Waals surface area contributed by atoms with E-state index in [0.29, 0.717) is 44.6 Å². The molecule has 1 aromatic carbocycles. The summed E-state index contributed by atoms with van der Waals surface area (Å²) >= 11 is 0. The summed E-state index contributed by atoms with van der Waals surface area (Å²) < 4.78 is 53.1. The number of carboxylic acid groups (broad SMARTS) is 1. The second-order valence-corrected chi connectivity index (χ2v) is 8.35. The van der Waals surface area contributed by atoms with Crippen molar-refractivity contribution in [3.8, 4) is 5.75 Å². The molecule has 0 radical (unpaired) electrons. The highest BCUT2D eigenvalue weighted by atomic mass is 19.4. The van der Waals surface area contributed by atoms with Crippen molar-refractivity contribution in [2.75, 3.05) is 26.3 Å². The molecule has 0 heterocycles.